The van der Waals surface area contributed by atoms with Crippen molar-refractivity contribution in [3.8, 4) is 5.75 Å². The maximum Gasteiger partial charge on any atom is 0.165 e. The number of halogens is 2. The van der Waals surface area contributed by atoms with Gasteiger partial charge in [-0.05, 0) is 46.9 Å². The fraction of sp³-hybridized carbons (Fsp3) is 0.167. The molecule has 0 atom stereocenters. The van der Waals surface area contributed by atoms with Crippen molar-refractivity contribution in [1.29, 1.82) is 0 Å². The number of hydrogen-bond acceptors (Lipinski definition) is 3. The summed E-state index contributed by atoms with van der Waals surface area (Å²) in [5, 5.41) is 3.13. The molecule has 0 radical (unpaired) electrons. The molecule has 90 valence electrons. The summed E-state index contributed by atoms with van der Waals surface area (Å²) in [7, 11) is 1.44. The number of furan rings is 1. The van der Waals surface area contributed by atoms with E-state index < -0.39 is 0 Å². The number of anilines is 1. The van der Waals surface area contributed by atoms with E-state index in [1.54, 1.807) is 12.1 Å². The van der Waals surface area contributed by atoms with Gasteiger partial charge in [0.2, 0.25) is 0 Å². The molecule has 2 rings (SSSR count). The molecule has 1 N–H and O–H groups in total. The molecule has 0 bridgehead atoms. The van der Waals surface area contributed by atoms with E-state index in [0.29, 0.717) is 6.54 Å². The van der Waals surface area contributed by atoms with E-state index >= 15 is 0 Å². The maximum atomic E-state index is 13.2. The van der Waals surface area contributed by atoms with Gasteiger partial charge < -0.3 is 14.5 Å². The van der Waals surface area contributed by atoms with Crippen molar-refractivity contribution >= 4 is 28.3 Å². The molecule has 0 aliphatic heterocycles. The Morgan fingerprint density at radius 3 is 2.82 bits per heavy atom. The number of nitrogens with one attached hydrogen (secondary N) is 1. The van der Waals surface area contributed by atoms with E-state index in [0.717, 1.165) is 15.2 Å². The summed E-state index contributed by atoms with van der Waals surface area (Å²) in [6.07, 6.45) is 0. The summed E-state index contributed by atoms with van der Waals surface area (Å²) < 4.78 is 24.3. The summed E-state index contributed by atoms with van der Waals surface area (Å²) in [6, 6.07) is 8.43. The van der Waals surface area contributed by atoms with E-state index in [4.69, 9.17) is 9.15 Å². The first-order valence-electron chi connectivity index (χ1n) is 5.00. The zero-order valence-electron chi connectivity index (χ0n) is 9.17. The first kappa shape index (κ1) is 12.2. The first-order valence-corrected chi connectivity index (χ1v) is 6.08. The van der Waals surface area contributed by atoms with Gasteiger partial charge in [0.25, 0.3) is 0 Å². The van der Waals surface area contributed by atoms with Gasteiger partial charge in [-0.25, -0.2) is 4.39 Å². The molecule has 0 saturated carbocycles. The molecule has 0 fully saturated rings. The lowest BCUT2D eigenvalue weighted by atomic mass is 10.3. The number of hydrogen-bond donors (Lipinski definition) is 1. The van der Waals surface area contributed by atoms with Crippen LogP contribution < -0.4 is 10.1 Å². The van der Waals surface area contributed by atoms with Crippen molar-refractivity contribution in [2.75, 3.05) is 12.4 Å². The third kappa shape index (κ3) is 3.12. The van der Waals surface area contributed by atoms with Crippen LogP contribution in [0.2, 0.25) is 0 Å². The van der Waals surface area contributed by atoms with Crippen LogP contribution in [0.3, 0.4) is 0 Å². The van der Waals surface area contributed by atoms with Gasteiger partial charge in [-0.15, -0.1) is 0 Å². The molecule has 0 amide bonds. The Morgan fingerprint density at radius 1 is 1.35 bits per heavy atom. The zero-order chi connectivity index (χ0) is 12.3. The monoisotopic (exact) mass is 347 g/mol. The average Bonchev–Trinajstić information content (AvgIpc) is 2.74. The molecule has 1 aromatic heterocycles. The van der Waals surface area contributed by atoms with Crippen LogP contribution in [-0.2, 0) is 6.54 Å². The number of ether oxygens (including phenoxy) is 1. The Hall–Kier alpha value is -1.24. The lowest BCUT2D eigenvalue weighted by Gasteiger charge is -2.07. The molecule has 0 saturated heterocycles. The fourth-order valence-corrected chi connectivity index (χ4v) is 1.87. The Balaban J connectivity index is 2.04. The Bertz CT molecular complexity index is 513. The molecule has 17 heavy (non-hydrogen) atoms. The van der Waals surface area contributed by atoms with Gasteiger partial charge in [0, 0.05) is 11.8 Å². The summed E-state index contributed by atoms with van der Waals surface area (Å²) in [6.45, 7) is 0.553. The molecule has 5 heteroatoms. The molecule has 2 aromatic rings. The van der Waals surface area contributed by atoms with Crippen molar-refractivity contribution in [2.24, 2.45) is 0 Å². The van der Waals surface area contributed by atoms with E-state index in [9.17, 15) is 4.39 Å². The second kappa shape index (κ2) is 5.39. The van der Waals surface area contributed by atoms with Crippen molar-refractivity contribution in [3.63, 3.8) is 0 Å². The Labute approximate surface area is 112 Å². The summed E-state index contributed by atoms with van der Waals surface area (Å²) in [5.41, 5.74) is 0.787. The quantitative estimate of drug-likeness (QED) is 0.858. The van der Waals surface area contributed by atoms with Gasteiger partial charge >= 0.3 is 0 Å². The summed E-state index contributed by atoms with van der Waals surface area (Å²) in [5.74, 6) is 0.687. The number of benzene rings is 1. The largest absolute Gasteiger partial charge is 0.494 e. The second-order valence-corrected chi connectivity index (χ2v) is 4.47. The third-order valence-electron chi connectivity index (χ3n) is 2.25. The SMILES string of the molecule is COc1cc(NCc2ccc(I)o2)ccc1F. The van der Waals surface area contributed by atoms with Crippen LogP contribution in [0.4, 0.5) is 10.1 Å². The van der Waals surface area contributed by atoms with E-state index in [1.807, 2.05) is 12.1 Å². The highest BCUT2D eigenvalue weighted by molar-refractivity contribution is 14.1. The zero-order valence-corrected chi connectivity index (χ0v) is 11.3. The van der Waals surface area contributed by atoms with Gasteiger partial charge in [0.1, 0.15) is 5.76 Å². The van der Waals surface area contributed by atoms with E-state index in [-0.39, 0.29) is 11.6 Å². The molecular weight excluding hydrogens is 336 g/mol. The van der Waals surface area contributed by atoms with Crippen LogP contribution in [0.5, 0.6) is 5.75 Å². The predicted molar refractivity (Wildman–Crippen MR) is 71.7 cm³/mol. The Kier molecular flexibility index (Phi) is 3.88. The normalized spacial score (nSPS) is 10.3. The highest BCUT2D eigenvalue weighted by atomic mass is 127. The summed E-state index contributed by atoms with van der Waals surface area (Å²) >= 11 is 2.11. The van der Waals surface area contributed by atoms with Gasteiger partial charge in [0.15, 0.2) is 15.3 Å². The van der Waals surface area contributed by atoms with E-state index in [1.165, 1.54) is 13.2 Å². The fourth-order valence-electron chi connectivity index (χ4n) is 1.41. The summed E-state index contributed by atoms with van der Waals surface area (Å²) in [4.78, 5) is 0. The molecular formula is C12H11FINO2. The average molecular weight is 347 g/mol. The first-order chi connectivity index (χ1) is 8.19. The molecule has 0 unspecified atom stereocenters. The molecule has 3 nitrogen and oxygen atoms in total. The van der Waals surface area contributed by atoms with Crippen LogP contribution in [-0.4, -0.2) is 7.11 Å². The smallest absolute Gasteiger partial charge is 0.165 e. The molecule has 1 heterocycles. The minimum absolute atomic E-state index is 0.226. The lowest BCUT2D eigenvalue weighted by molar-refractivity contribution is 0.387. The van der Waals surface area contributed by atoms with Crippen molar-refractivity contribution in [2.45, 2.75) is 6.54 Å². The third-order valence-corrected chi connectivity index (χ3v) is 2.83. The molecule has 1 aromatic carbocycles. The van der Waals surface area contributed by atoms with Crippen molar-refractivity contribution in [3.05, 3.63) is 45.7 Å². The highest BCUT2D eigenvalue weighted by Crippen LogP contribution is 2.22. The van der Waals surface area contributed by atoms with Crippen molar-refractivity contribution < 1.29 is 13.5 Å². The number of rotatable bonds is 4. The molecule has 0 aliphatic rings. The maximum absolute atomic E-state index is 13.2. The van der Waals surface area contributed by atoms with Gasteiger partial charge in [-0.3, -0.25) is 0 Å². The van der Waals surface area contributed by atoms with Gasteiger partial charge in [-0.1, -0.05) is 0 Å². The topological polar surface area (TPSA) is 34.4 Å². The number of methoxy groups -OCH3 is 1. The van der Waals surface area contributed by atoms with Crippen LogP contribution in [0.1, 0.15) is 5.76 Å². The Morgan fingerprint density at radius 2 is 2.18 bits per heavy atom. The van der Waals surface area contributed by atoms with Crippen LogP contribution in [0.25, 0.3) is 0 Å². The molecule has 0 spiro atoms. The predicted octanol–water partition coefficient (Wildman–Crippen LogP) is 3.64. The van der Waals surface area contributed by atoms with E-state index in [2.05, 4.69) is 27.9 Å². The van der Waals surface area contributed by atoms with Gasteiger partial charge in [0.05, 0.1) is 13.7 Å². The van der Waals surface area contributed by atoms with Crippen molar-refractivity contribution in [1.82, 2.24) is 0 Å². The highest BCUT2D eigenvalue weighted by Gasteiger charge is 2.04. The minimum Gasteiger partial charge on any atom is -0.494 e. The van der Waals surface area contributed by atoms with Gasteiger partial charge in [-0.2, -0.15) is 0 Å². The lowest BCUT2D eigenvalue weighted by Crippen LogP contribution is -1.99. The molecule has 0 aliphatic carbocycles. The minimum atomic E-state index is -0.370. The van der Waals surface area contributed by atoms with Crippen LogP contribution >= 0.6 is 22.6 Å². The van der Waals surface area contributed by atoms with Crippen LogP contribution in [0, 0.1) is 9.58 Å². The second-order valence-electron chi connectivity index (χ2n) is 3.41. The van der Waals surface area contributed by atoms with Crippen LogP contribution in [0.15, 0.2) is 34.7 Å². The standard InChI is InChI=1S/C12H11FINO2/c1-16-11-6-8(2-4-10(11)13)15-7-9-3-5-12(14)17-9/h2-6,15H,7H2,1H3.